The summed E-state index contributed by atoms with van der Waals surface area (Å²) in [7, 11) is 0. The molecule has 0 bridgehead atoms. The molecule has 0 spiro atoms. The Balaban J connectivity index is 1.94. The number of carbonyl (C=O) groups excluding carboxylic acids is 1. The molecule has 1 unspecified atom stereocenters. The molecule has 0 fully saturated rings. The van der Waals surface area contributed by atoms with Crippen LogP contribution in [0.15, 0.2) is 42.5 Å². The monoisotopic (exact) mass is 365 g/mol. The highest BCUT2D eigenvalue weighted by atomic mass is 16.4. The van der Waals surface area contributed by atoms with Gasteiger partial charge in [-0.3, -0.25) is 4.79 Å². The number of hydrogen-bond acceptors (Lipinski definition) is 3. The van der Waals surface area contributed by atoms with Gasteiger partial charge in [0, 0.05) is 5.56 Å². The second-order valence-electron chi connectivity index (χ2n) is 8.80. The van der Waals surface area contributed by atoms with Gasteiger partial charge in [0.25, 0.3) is 0 Å². The highest BCUT2D eigenvalue weighted by molar-refractivity contribution is 6.01. The van der Waals surface area contributed by atoms with Gasteiger partial charge in [0.15, 0.2) is 5.78 Å². The summed E-state index contributed by atoms with van der Waals surface area (Å²) in [6, 6.07) is 11.3. The number of benzene rings is 2. The van der Waals surface area contributed by atoms with Crippen molar-refractivity contribution in [2.75, 3.05) is 0 Å². The van der Waals surface area contributed by atoms with E-state index in [0.717, 1.165) is 12.8 Å². The molecule has 0 saturated carbocycles. The molecule has 3 N–H and O–H groups in total. The van der Waals surface area contributed by atoms with Crippen LogP contribution in [0, 0.1) is 0 Å². The van der Waals surface area contributed by atoms with E-state index in [4.69, 9.17) is 10.8 Å². The van der Waals surface area contributed by atoms with E-state index in [1.165, 1.54) is 23.3 Å². The largest absolute Gasteiger partial charge is 0.478 e. The molecule has 0 radical (unpaired) electrons. The molecule has 0 amide bonds. The average molecular weight is 365 g/mol. The zero-order valence-corrected chi connectivity index (χ0v) is 16.4. The summed E-state index contributed by atoms with van der Waals surface area (Å²) in [5.41, 5.74) is 10.2. The van der Waals surface area contributed by atoms with Gasteiger partial charge in [0.1, 0.15) is 0 Å². The molecule has 0 heterocycles. The molecular weight excluding hydrogens is 338 g/mol. The summed E-state index contributed by atoms with van der Waals surface area (Å²) in [6.07, 6.45) is 2.20. The van der Waals surface area contributed by atoms with Crippen molar-refractivity contribution >= 4 is 11.8 Å². The van der Waals surface area contributed by atoms with E-state index in [-0.39, 0.29) is 22.2 Å². The van der Waals surface area contributed by atoms with Crippen molar-refractivity contribution in [1.82, 2.24) is 0 Å². The molecule has 0 saturated heterocycles. The summed E-state index contributed by atoms with van der Waals surface area (Å²) in [5, 5.41) is 9.01. The lowest BCUT2D eigenvalue weighted by Crippen LogP contribution is -2.34. The first kappa shape index (κ1) is 19.3. The van der Waals surface area contributed by atoms with Crippen LogP contribution in [-0.2, 0) is 10.8 Å². The molecule has 4 nitrogen and oxygen atoms in total. The number of rotatable bonds is 4. The van der Waals surface area contributed by atoms with Crippen LogP contribution in [0.4, 0.5) is 0 Å². The minimum absolute atomic E-state index is 0.0222. The second-order valence-corrected chi connectivity index (χ2v) is 8.80. The van der Waals surface area contributed by atoms with Gasteiger partial charge < -0.3 is 10.8 Å². The standard InChI is InChI=1S/C23H27NO3/c1-22(2)11-12-23(3,4)18-13-16(9-10-17(18)22)20(25)19(24)14-5-7-15(8-6-14)21(26)27/h5-10,13,19H,11-12,24H2,1-4H3,(H,26,27). The lowest BCUT2D eigenvalue weighted by molar-refractivity contribution is 0.0696. The topological polar surface area (TPSA) is 80.4 Å². The summed E-state index contributed by atoms with van der Waals surface area (Å²) < 4.78 is 0. The maximum atomic E-state index is 13.0. The second kappa shape index (κ2) is 6.61. The van der Waals surface area contributed by atoms with E-state index in [1.807, 2.05) is 12.1 Å². The van der Waals surface area contributed by atoms with Crippen LogP contribution in [0.5, 0.6) is 0 Å². The van der Waals surface area contributed by atoms with E-state index in [2.05, 4.69) is 33.8 Å². The number of aromatic carboxylic acids is 1. The number of carbonyl (C=O) groups is 2. The summed E-state index contributed by atoms with van der Waals surface area (Å²) >= 11 is 0. The Labute approximate surface area is 160 Å². The van der Waals surface area contributed by atoms with Crippen molar-refractivity contribution in [3.8, 4) is 0 Å². The third kappa shape index (κ3) is 3.54. The van der Waals surface area contributed by atoms with Crippen LogP contribution in [0.1, 0.15) is 84.0 Å². The minimum atomic E-state index is -0.999. The van der Waals surface area contributed by atoms with Crippen LogP contribution >= 0.6 is 0 Å². The smallest absolute Gasteiger partial charge is 0.335 e. The Kier molecular flexibility index (Phi) is 4.73. The molecule has 4 heteroatoms. The predicted molar refractivity (Wildman–Crippen MR) is 106 cm³/mol. The molecule has 2 aromatic carbocycles. The maximum Gasteiger partial charge on any atom is 0.335 e. The van der Waals surface area contributed by atoms with Crippen LogP contribution in [-0.4, -0.2) is 16.9 Å². The number of ketones is 1. The van der Waals surface area contributed by atoms with Crippen LogP contribution in [0.25, 0.3) is 0 Å². The normalized spacial score (nSPS) is 18.4. The molecular formula is C23H27NO3. The quantitative estimate of drug-likeness (QED) is 0.775. The Bertz CT molecular complexity index is 894. The molecule has 27 heavy (non-hydrogen) atoms. The average Bonchev–Trinajstić information content (AvgIpc) is 2.64. The number of carboxylic acid groups (broad SMARTS) is 1. The van der Waals surface area contributed by atoms with Gasteiger partial charge in [0.2, 0.25) is 0 Å². The van der Waals surface area contributed by atoms with Gasteiger partial charge in [-0.2, -0.15) is 0 Å². The molecule has 1 aliphatic rings. The van der Waals surface area contributed by atoms with Crippen molar-refractivity contribution in [3.05, 3.63) is 70.3 Å². The summed E-state index contributed by atoms with van der Waals surface area (Å²) in [6.45, 7) is 8.94. The van der Waals surface area contributed by atoms with Crippen molar-refractivity contribution < 1.29 is 14.7 Å². The summed E-state index contributed by atoms with van der Waals surface area (Å²) in [4.78, 5) is 24.0. The first-order valence-corrected chi connectivity index (χ1v) is 9.31. The van der Waals surface area contributed by atoms with Crippen LogP contribution in [0.2, 0.25) is 0 Å². The van der Waals surface area contributed by atoms with Gasteiger partial charge in [0.05, 0.1) is 11.6 Å². The zero-order valence-electron chi connectivity index (χ0n) is 16.4. The molecule has 1 aliphatic carbocycles. The Hall–Kier alpha value is -2.46. The third-order valence-corrected chi connectivity index (χ3v) is 5.94. The van der Waals surface area contributed by atoms with E-state index >= 15 is 0 Å². The Morgan fingerprint density at radius 2 is 1.41 bits per heavy atom. The van der Waals surface area contributed by atoms with Crippen molar-refractivity contribution in [1.29, 1.82) is 0 Å². The SMILES string of the molecule is CC1(C)CCC(C)(C)c2cc(C(=O)C(N)c3ccc(C(=O)O)cc3)ccc21. The predicted octanol–water partition coefficient (Wildman–Crippen LogP) is 4.62. The van der Waals surface area contributed by atoms with Gasteiger partial charge in [-0.05, 0) is 58.6 Å². The highest BCUT2D eigenvalue weighted by Crippen LogP contribution is 2.46. The fourth-order valence-electron chi connectivity index (χ4n) is 3.91. The van der Waals surface area contributed by atoms with Crippen molar-refractivity contribution in [2.45, 2.75) is 57.4 Å². The number of hydrogen-bond donors (Lipinski definition) is 2. The maximum absolute atomic E-state index is 13.0. The third-order valence-electron chi connectivity index (χ3n) is 5.94. The molecule has 2 aromatic rings. The molecule has 3 rings (SSSR count). The minimum Gasteiger partial charge on any atom is -0.478 e. The van der Waals surface area contributed by atoms with Crippen molar-refractivity contribution in [2.24, 2.45) is 5.73 Å². The molecule has 0 aliphatic heterocycles. The summed E-state index contributed by atoms with van der Waals surface area (Å²) in [5.74, 6) is -1.15. The highest BCUT2D eigenvalue weighted by Gasteiger charge is 2.37. The fourth-order valence-corrected chi connectivity index (χ4v) is 3.91. The fraction of sp³-hybridized carbons (Fsp3) is 0.391. The van der Waals surface area contributed by atoms with Crippen molar-refractivity contribution in [3.63, 3.8) is 0 Å². The lowest BCUT2D eigenvalue weighted by atomic mass is 9.63. The van der Waals surface area contributed by atoms with Gasteiger partial charge >= 0.3 is 5.97 Å². The van der Waals surface area contributed by atoms with E-state index < -0.39 is 12.0 Å². The van der Waals surface area contributed by atoms with Crippen LogP contribution in [0.3, 0.4) is 0 Å². The molecule has 1 atom stereocenters. The van der Waals surface area contributed by atoms with E-state index in [1.54, 1.807) is 12.1 Å². The Morgan fingerprint density at radius 1 is 0.889 bits per heavy atom. The molecule has 142 valence electrons. The van der Waals surface area contributed by atoms with Gasteiger partial charge in [-0.25, -0.2) is 4.79 Å². The number of Topliss-reactive ketones (excluding diaryl/α,β-unsaturated/α-hetero) is 1. The number of carboxylic acids is 1. The van der Waals surface area contributed by atoms with Gasteiger partial charge in [-0.15, -0.1) is 0 Å². The number of nitrogens with two attached hydrogens (primary N) is 1. The Morgan fingerprint density at radius 3 is 1.96 bits per heavy atom. The first-order valence-electron chi connectivity index (χ1n) is 9.31. The zero-order chi connectivity index (χ0) is 20.0. The van der Waals surface area contributed by atoms with E-state index in [0.29, 0.717) is 11.1 Å². The van der Waals surface area contributed by atoms with E-state index in [9.17, 15) is 9.59 Å². The lowest BCUT2D eigenvalue weighted by Gasteiger charge is -2.42. The molecule has 0 aromatic heterocycles. The van der Waals surface area contributed by atoms with Crippen LogP contribution < -0.4 is 5.73 Å². The first-order chi connectivity index (χ1) is 12.5. The number of fused-ring (bicyclic) bond motifs is 1. The van der Waals surface area contributed by atoms with Gasteiger partial charge in [-0.1, -0.05) is 52.0 Å².